The molecule has 1 aromatic carbocycles. The van der Waals surface area contributed by atoms with Gasteiger partial charge in [-0.15, -0.1) is 0 Å². The Labute approximate surface area is 112 Å². The number of amides is 2. The number of nitrogens with two attached hydrogens (primary N) is 1. The summed E-state index contributed by atoms with van der Waals surface area (Å²) in [6.45, 7) is 1.99. The molecule has 0 saturated heterocycles. The van der Waals surface area contributed by atoms with Crippen LogP contribution >= 0.6 is 0 Å². The lowest BCUT2D eigenvalue weighted by Crippen LogP contribution is -2.35. The van der Waals surface area contributed by atoms with Gasteiger partial charge < -0.3 is 16.4 Å². The topological polar surface area (TPSA) is 84.2 Å². The Bertz CT molecular complexity index is 499. The largest absolute Gasteiger partial charge is 0.326 e. The fourth-order valence-corrected chi connectivity index (χ4v) is 2.13. The van der Waals surface area contributed by atoms with E-state index in [1.54, 1.807) is 6.07 Å². The van der Waals surface area contributed by atoms with Crippen LogP contribution in [0.3, 0.4) is 0 Å². The Morgan fingerprint density at radius 2 is 2.26 bits per heavy atom. The Morgan fingerprint density at radius 3 is 3.00 bits per heavy atom. The summed E-state index contributed by atoms with van der Waals surface area (Å²) >= 11 is 0. The SMILES string of the molecule is CCCC(N)C(=O)Nc1ccc2c(c1)NC(=O)CC2. The van der Waals surface area contributed by atoms with Crippen molar-refractivity contribution in [2.24, 2.45) is 5.73 Å². The number of hydrogen-bond donors (Lipinski definition) is 3. The number of carbonyl (C=O) groups excluding carboxylic acids is 2. The first kappa shape index (κ1) is 13.5. The zero-order valence-corrected chi connectivity index (χ0v) is 11.0. The molecule has 0 fully saturated rings. The quantitative estimate of drug-likeness (QED) is 0.770. The lowest BCUT2D eigenvalue weighted by molar-refractivity contribution is -0.117. The smallest absolute Gasteiger partial charge is 0.241 e. The summed E-state index contributed by atoms with van der Waals surface area (Å²) in [4.78, 5) is 23.1. The van der Waals surface area contributed by atoms with E-state index in [4.69, 9.17) is 5.73 Å². The van der Waals surface area contributed by atoms with E-state index in [1.165, 1.54) is 0 Å². The number of rotatable bonds is 4. The summed E-state index contributed by atoms with van der Waals surface area (Å²) in [6.07, 6.45) is 2.78. The maximum atomic E-state index is 11.8. The van der Waals surface area contributed by atoms with Gasteiger partial charge in [0.15, 0.2) is 0 Å². The molecule has 1 unspecified atom stereocenters. The van der Waals surface area contributed by atoms with E-state index < -0.39 is 6.04 Å². The maximum absolute atomic E-state index is 11.8. The number of aryl methyl sites for hydroxylation is 1. The second kappa shape index (κ2) is 5.84. The third-order valence-electron chi connectivity index (χ3n) is 3.21. The Balaban J connectivity index is 2.08. The van der Waals surface area contributed by atoms with Gasteiger partial charge in [0.1, 0.15) is 0 Å². The average Bonchev–Trinajstić information content (AvgIpc) is 2.38. The zero-order valence-electron chi connectivity index (χ0n) is 11.0. The normalized spacial score (nSPS) is 15.4. The molecule has 1 atom stereocenters. The first-order valence-electron chi connectivity index (χ1n) is 6.59. The van der Waals surface area contributed by atoms with Gasteiger partial charge in [0.05, 0.1) is 6.04 Å². The summed E-state index contributed by atoms with van der Waals surface area (Å²) in [7, 11) is 0. The van der Waals surface area contributed by atoms with E-state index in [-0.39, 0.29) is 11.8 Å². The molecule has 5 nitrogen and oxygen atoms in total. The van der Waals surface area contributed by atoms with E-state index in [0.29, 0.717) is 18.5 Å². The van der Waals surface area contributed by atoms with Crippen LogP contribution in [0.15, 0.2) is 18.2 Å². The second-order valence-electron chi connectivity index (χ2n) is 4.80. The minimum Gasteiger partial charge on any atom is -0.326 e. The molecule has 1 aromatic rings. The van der Waals surface area contributed by atoms with Crippen LogP contribution < -0.4 is 16.4 Å². The Kier molecular flexibility index (Phi) is 4.16. The van der Waals surface area contributed by atoms with Gasteiger partial charge in [0.2, 0.25) is 11.8 Å². The van der Waals surface area contributed by atoms with Crippen LogP contribution in [0.5, 0.6) is 0 Å². The van der Waals surface area contributed by atoms with Gasteiger partial charge >= 0.3 is 0 Å². The van der Waals surface area contributed by atoms with Crippen molar-refractivity contribution in [1.82, 2.24) is 0 Å². The highest BCUT2D eigenvalue weighted by atomic mass is 16.2. The third kappa shape index (κ3) is 3.32. The number of anilines is 2. The Hall–Kier alpha value is -1.88. The molecule has 2 rings (SSSR count). The predicted molar refractivity (Wildman–Crippen MR) is 74.9 cm³/mol. The van der Waals surface area contributed by atoms with Crippen LogP contribution in [0, 0.1) is 0 Å². The summed E-state index contributed by atoms with van der Waals surface area (Å²) in [5.74, 6) is -0.178. The molecule has 1 heterocycles. The fourth-order valence-electron chi connectivity index (χ4n) is 2.13. The van der Waals surface area contributed by atoms with Crippen LogP contribution in [0.25, 0.3) is 0 Å². The molecule has 5 heteroatoms. The van der Waals surface area contributed by atoms with Gasteiger partial charge in [-0.1, -0.05) is 19.4 Å². The number of nitrogens with one attached hydrogen (secondary N) is 2. The summed E-state index contributed by atoms with van der Waals surface area (Å²) in [5.41, 5.74) is 8.29. The molecule has 0 aromatic heterocycles. The predicted octanol–water partition coefficient (Wildman–Crippen LogP) is 1.64. The minimum absolute atomic E-state index is 0.0126. The molecular weight excluding hydrogens is 242 g/mol. The van der Waals surface area contributed by atoms with Crippen LogP contribution in [0.4, 0.5) is 11.4 Å². The maximum Gasteiger partial charge on any atom is 0.241 e. The van der Waals surface area contributed by atoms with Gasteiger partial charge in [-0.3, -0.25) is 9.59 Å². The molecule has 1 aliphatic rings. The first-order valence-corrected chi connectivity index (χ1v) is 6.59. The lowest BCUT2D eigenvalue weighted by Gasteiger charge is -2.18. The van der Waals surface area contributed by atoms with Gasteiger partial charge in [0, 0.05) is 17.8 Å². The van der Waals surface area contributed by atoms with Crippen LogP contribution in [-0.4, -0.2) is 17.9 Å². The second-order valence-corrected chi connectivity index (χ2v) is 4.80. The zero-order chi connectivity index (χ0) is 13.8. The summed E-state index contributed by atoms with van der Waals surface area (Å²) in [6, 6.07) is 5.06. The minimum atomic E-state index is -0.490. The molecule has 1 aliphatic heterocycles. The van der Waals surface area contributed by atoms with Crippen molar-refractivity contribution in [2.75, 3.05) is 10.6 Å². The van der Waals surface area contributed by atoms with Gasteiger partial charge in [0.25, 0.3) is 0 Å². The molecule has 2 amide bonds. The molecule has 19 heavy (non-hydrogen) atoms. The number of carbonyl (C=O) groups is 2. The van der Waals surface area contributed by atoms with Gasteiger partial charge in [-0.05, 0) is 30.5 Å². The van der Waals surface area contributed by atoms with Crippen molar-refractivity contribution in [3.8, 4) is 0 Å². The summed E-state index contributed by atoms with van der Waals surface area (Å²) < 4.78 is 0. The van der Waals surface area contributed by atoms with Crippen molar-refractivity contribution in [3.63, 3.8) is 0 Å². The van der Waals surface area contributed by atoms with Gasteiger partial charge in [-0.2, -0.15) is 0 Å². The van der Waals surface area contributed by atoms with Crippen molar-refractivity contribution in [2.45, 2.75) is 38.6 Å². The van der Waals surface area contributed by atoms with Crippen molar-refractivity contribution >= 4 is 23.2 Å². The monoisotopic (exact) mass is 261 g/mol. The molecule has 4 N–H and O–H groups in total. The van der Waals surface area contributed by atoms with E-state index >= 15 is 0 Å². The molecule has 0 saturated carbocycles. The molecule has 0 bridgehead atoms. The molecule has 0 spiro atoms. The number of hydrogen-bond acceptors (Lipinski definition) is 3. The van der Waals surface area contributed by atoms with Crippen LogP contribution in [-0.2, 0) is 16.0 Å². The third-order valence-corrected chi connectivity index (χ3v) is 3.21. The molecule has 102 valence electrons. The van der Waals surface area contributed by atoms with E-state index in [1.807, 2.05) is 19.1 Å². The fraction of sp³-hybridized carbons (Fsp3) is 0.429. The van der Waals surface area contributed by atoms with E-state index in [9.17, 15) is 9.59 Å². The molecule has 0 radical (unpaired) electrons. The first-order chi connectivity index (χ1) is 9.10. The highest BCUT2D eigenvalue weighted by Gasteiger charge is 2.16. The summed E-state index contributed by atoms with van der Waals surface area (Å²) in [5, 5.41) is 5.58. The van der Waals surface area contributed by atoms with Crippen molar-refractivity contribution in [3.05, 3.63) is 23.8 Å². The van der Waals surface area contributed by atoms with E-state index in [2.05, 4.69) is 10.6 Å². The molecular formula is C14H19N3O2. The lowest BCUT2D eigenvalue weighted by atomic mass is 10.0. The highest BCUT2D eigenvalue weighted by molar-refractivity contribution is 5.97. The average molecular weight is 261 g/mol. The number of fused-ring (bicyclic) bond motifs is 1. The van der Waals surface area contributed by atoms with Gasteiger partial charge in [-0.25, -0.2) is 0 Å². The van der Waals surface area contributed by atoms with Crippen LogP contribution in [0.1, 0.15) is 31.7 Å². The van der Waals surface area contributed by atoms with E-state index in [0.717, 1.165) is 24.1 Å². The molecule has 0 aliphatic carbocycles. The number of benzene rings is 1. The Morgan fingerprint density at radius 1 is 1.47 bits per heavy atom. The highest BCUT2D eigenvalue weighted by Crippen LogP contribution is 2.25. The van der Waals surface area contributed by atoms with Crippen molar-refractivity contribution < 1.29 is 9.59 Å². The standard InChI is InChI=1S/C14H19N3O2/c1-2-3-11(15)14(19)16-10-6-4-9-5-7-13(18)17-12(9)8-10/h4,6,8,11H,2-3,5,7,15H2,1H3,(H,16,19)(H,17,18). The van der Waals surface area contributed by atoms with Crippen LogP contribution in [0.2, 0.25) is 0 Å². The van der Waals surface area contributed by atoms with Crippen molar-refractivity contribution in [1.29, 1.82) is 0 Å².